The molecule has 1 amide bonds. The highest BCUT2D eigenvalue weighted by molar-refractivity contribution is 7.99. The second-order valence-electron chi connectivity index (χ2n) is 7.87. The lowest BCUT2D eigenvalue weighted by Gasteiger charge is -2.22. The molecule has 2 N–H and O–H groups in total. The Kier molecular flexibility index (Phi) is 12.7. The van der Waals surface area contributed by atoms with Gasteiger partial charge in [-0.25, -0.2) is 4.98 Å². The van der Waals surface area contributed by atoms with Crippen molar-refractivity contribution in [2.24, 2.45) is 0 Å². The van der Waals surface area contributed by atoms with Crippen molar-refractivity contribution in [1.29, 1.82) is 0 Å². The number of hydrogen-bond donors (Lipinski definition) is 2. The Morgan fingerprint density at radius 3 is 2.57 bits per heavy atom. The molecule has 0 aliphatic carbocycles. The number of amides is 1. The highest BCUT2D eigenvalue weighted by atomic mass is 32.2. The number of aliphatic hydroxyl groups is 1. The number of carbonyl (C=O) groups excluding carboxylic acids is 1. The number of nitrogens with one attached hydrogen (secondary N) is 1. The topological polar surface area (TPSA) is 68.7 Å². The lowest BCUT2D eigenvalue weighted by Crippen LogP contribution is -2.28. The van der Waals surface area contributed by atoms with Crippen molar-refractivity contribution in [3.8, 4) is 0 Å². The lowest BCUT2D eigenvalue weighted by atomic mass is 9.99. The Balaban J connectivity index is 0.000000463. The Morgan fingerprint density at radius 1 is 1.26 bits per heavy atom. The monoisotopic (exact) mass is 514 g/mol. The van der Waals surface area contributed by atoms with Crippen molar-refractivity contribution in [3.05, 3.63) is 76.0 Å². The maximum absolute atomic E-state index is 12.4. The van der Waals surface area contributed by atoms with Gasteiger partial charge < -0.3 is 19.6 Å². The third-order valence-electron chi connectivity index (χ3n) is 5.50. The van der Waals surface area contributed by atoms with Crippen LogP contribution in [0.15, 0.2) is 59.3 Å². The molecule has 2 aromatic heterocycles. The summed E-state index contributed by atoms with van der Waals surface area (Å²) in [4.78, 5) is 19.5. The summed E-state index contributed by atoms with van der Waals surface area (Å²) in [6.07, 6.45) is 3.04. The smallest absolute Gasteiger partial charge is 0.251 e. The Labute approximate surface area is 218 Å². The van der Waals surface area contributed by atoms with Gasteiger partial charge in [0.1, 0.15) is 11.6 Å². The second kappa shape index (κ2) is 15.4. The fraction of sp³-hybridized carbons (Fsp3) is 0.407. The predicted molar refractivity (Wildman–Crippen MR) is 152 cm³/mol. The average molecular weight is 515 g/mol. The van der Waals surface area contributed by atoms with Crippen LogP contribution in [0.5, 0.6) is 0 Å². The van der Waals surface area contributed by atoms with Crippen molar-refractivity contribution in [2.75, 3.05) is 48.7 Å². The van der Waals surface area contributed by atoms with Crippen LogP contribution in [0.2, 0.25) is 0 Å². The van der Waals surface area contributed by atoms with Crippen LogP contribution in [0.1, 0.15) is 47.7 Å². The first-order valence-corrected chi connectivity index (χ1v) is 14.1. The molecule has 1 aromatic carbocycles. The van der Waals surface area contributed by atoms with Crippen molar-refractivity contribution in [3.63, 3.8) is 0 Å². The highest BCUT2D eigenvalue weighted by Crippen LogP contribution is 2.31. The number of thiophene rings is 1. The minimum Gasteiger partial charge on any atom is -0.395 e. The molecule has 0 saturated carbocycles. The second-order valence-corrected chi connectivity index (χ2v) is 9.57. The number of anilines is 2. The van der Waals surface area contributed by atoms with Crippen LogP contribution in [-0.4, -0.2) is 55.5 Å². The van der Waals surface area contributed by atoms with Crippen LogP contribution in [0.3, 0.4) is 0 Å². The molecule has 1 aliphatic heterocycles. The summed E-state index contributed by atoms with van der Waals surface area (Å²) in [6.45, 7) is 8.06. The van der Waals surface area contributed by atoms with Crippen molar-refractivity contribution in [1.82, 2.24) is 10.3 Å². The molecule has 3 heterocycles. The van der Waals surface area contributed by atoms with Gasteiger partial charge in [0.15, 0.2) is 0 Å². The van der Waals surface area contributed by atoms with E-state index in [1.54, 1.807) is 29.4 Å². The average Bonchev–Trinajstić information content (AvgIpc) is 3.60. The normalized spacial score (nSPS) is 14.3. The standard InChI is InChI=1S/C20H26N4O2S.C5H6S.C2H6/c1-23(27-2)18-12-17(20(26)21-9-11-25)13-19(22-18)24-10-8-16(14-24)15-6-4-3-5-7-15;1-5-2-3-6-4-5;1-2/h3-7,12-13,16,25H,8-11,14H2,1-2H3,(H,21,26);2-4H,1H3;1-2H3. The molecule has 35 heavy (non-hydrogen) atoms. The molecule has 1 saturated heterocycles. The zero-order chi connectivity index (χ0) is 25.6. The molecule has 4 rings (SSSR count). The minimum absolute atomic E-state index is 0.0772. The van der Waals surface area contributed by atoms with Crippen molar-refractivity contribution in [2.45, 2.75) is 33.1 Å². The van der Waals surface area contributed by atoms with Gasteiger partial charge in [-0.3, -0.25) is 4.79 Å². The van der Waals surface area contributed by atoms with Crippen molar-refractivity contribution < 1.29 is 9.90 Å². The van der Waals surface area contributed by atoms with Crippen LogP contribution < -0.4 is 14.5 Å². The summed E-state index contributed by atoms with van der Waals surface area (Å²) in [6, 6.07) is 16.3. The molecule has 0 radical (unpaired) electrons. The van der Waals surface area contributed by atoms with E-state index in [4.69, 9.17) is 10.1 Å². The number of aromatic nitrogens is 1. The van der Waals surface area contributed by atoms with E-state index in [1.807, 2.05) is 43.6 Å². The molecule has 6 nitrogen and oxygen atoms in total. The Bertz CT molecular complexity index is 1000. The molecule has 1 aliphatic rings. The lowest BCUT2D eigenvalue weighted by molar-refractivity contribution is 0.0944. The first-order valence-electron chi connectivity index (χ1n) is 12.0. The number of rotatable bonds is 7. The number of nitrogens with zero attached hydrogens (tertiary/aromatic N) is 3. The maximum Gasteiger partial charge on any atom is 0.251 e. The molecule has 1 fully saturated rings. The predicted octanol–water partition coefficient (Wildman–Crippen LogP) is 5.59. The number of hydrogen-bond acceptors (Lipinski definition) is 7. The summed E-state index contributed by atoms with van der Waals surface area (Å²) in [5.74, 6) is 1.85. The summed E-state index contributed by atoms with van der Waals surface area (Å²) < 4.78 is 1.94. The molecule has 190 valence electrons. The van der Waals surface area contributed by atoms with Gasteiger partial charge in [0.2, 0.25) is 0 Å². The van der Waals surface area contributed by atoms with Gasteiger partial charge >= 0.3 is 0 Å². The highest BCUT2D eigenvalue weighted by Gasteiger charge is 2.26. The quantitative estimate of drug-likeness (QED) is 0.400. The molecule has 3 aromatic rings. The van der Waals surface area contributed by atoms with Gasteiger partial charge in [-0.15, -0.1) is 0 Å². The first-order chi connectivity index (χ1) is 17.0. The van der Waals surface area contributed by atoms with Crippen molar-refractivity contribution >= 4 is 40.8 Å². The van der Waals surface area contributed by atoms with Crippen LogP contribution in [-0.2, 0) is 0 Å². The van der Waals surface area contributed by atoms with Gasteiger partial charge in [-0.05, 0) is 53.4 Å². The van der Waals surface area contributed by atoms with Crippen LogP contribution >= 0.6 is 23.3 Å². The zero-order valence-electron chi connectivity index (χ0n) is 21.4. The van der Waals surface area contributed by atoms with E-state index >= 15 is 0 Å². The summed E-state index contributed by atoms with van der Waals surface area (Å²) in [5.41, 5.74) is 3.27. The molecule has 1 atom stereocenters. The Morgan fingerprint density at radius 2 is 2.00 bits per heavy atom. The van der Waals surface area contributed by atoms with Crippen LogP contribution in [0.4, 0.5) is 11.6 Å². The number of aliphatic hydroxyl groups excluding tert-OH is 1. The number of pyridine rings is 1. The van der Waals surface area contributed by atoms with E-state index in [0.29, 0.717) is 11.5 Å². The van der Waals surface area contributed by atoms with E-state index in [2.05, 4.69) is 58.2 Å². The van der Waals surface area contributed by atoms with E-state index in [9.17, 15) is 4.79 Å². The first kappa shape index (κ1) is 28.7. The van der Waals surface area contributed by atoms with E-state index in [0.717, 1.165) is 31.1 Å². The number of aryl methyl sites for hydroxylation is 1. The minimum atomic E-state index is -0.192. The Hall–Kier alpha value is -2.55. The van der Waals surface area contributed by atoms with Crippen LogP contribution in [0, 0.1) is 6.92 Å². The fourth-order valence-electron chi connectivity index (χ4n) is 3.62. The largest absolute Gasteiger partial charge is 0.395 e. The molecule has 1 unspecified atom stereocenters. The molecule has 0 bridgehead atoms. The van der Waals surface area contributed by atoms with Gasteiger partial charge in [-0.1, -0.05) is 56.1 Å². The fourth-order valence-corrected chi connectivity index (χ4v) is 4.56. The van der Waals surface area contributed by atoms with Gasteiger partial charge in [0.05, 0.1) is 6.61 Å². The van der Waals surface area contributed by atoms with Gasteiger partial charge in [0.25, 0.3) is 5.91 Å². The van der Waals surface area contributed by atoms with E-state index in [-0.39, 0.29) is 19.1 Å². The summed E-state index contributed by atoms with van der Waals surface area (Å²) in [7, 11) is 1.93. The zero-order valence-corrected chi connectivity index (χ0v) is 23.0. The van der Waals surface area contributed by atoms with Gasteiger partial charge in [-0.2, -0.15) is 11.3 Å². The van der Waals surface area contributed by atoms with Crippen LogP contribution in [0.25, 0.3) is 0 Å². The molecular formula is C27H38N4O2S2. The molecular weight excluding hydrogens is 476 g/mol. The summed E-state index contributed by atoms with van der Waals surface area (Å²) >= 11 is 3.29. The van der Waals surface area contributed by atoms with E-state index in [1.165, 1.54) is 11.1 Å². The van der Waals surface area contributed by atoms with Gasteiger partial charge in [0, 0.05) is 44.4 Å². The molecule has 8 heteroatoms. The number of carbonyl (C=O) groups is 1. The molecule has 0 spiro atoms. The number of benzene rings is 1. The third kappa shape index (κ3) is 8.87. The SMILES string of the molecule is CC.CSN(C)c1cc(C(=O)NCCO)cc(N2CCC(c3ccccc3)C2)n1.Cc1ccsc1. The van der Waals surface area contributed by atoms with E-state index < -0.39 is 0 Å². The third-order valence-corrected chi connectivity index (χ3v) is 7.04. The summed E-state index contributed by atoms with van der Waals surface area (Å²) in [5, 5.41) is 15.9. The maximum atomic E-state index is 12.4.